The molecule has 0 aliphatic heterocycles. The molecular weight excluding hydrogens is 528 g/mol. The van der Waals surface area contributed by atoms with Gasteiger partial charge in [-0.3, -0.25) is 30.2 Å². The van der Waals surface area contributed by atoms with Crippen molar-refractivity contribution in [2.75, 3.05) is 0 Å². The van der Waals surface area contributed by atoms with Crippen LogP contribution >= 0.6 is 0 Å². The molecule has 0 atom stereocenters. The van der Waals surface area contributed by atoms with E-state index in [2.05, 4.69) is 9.98 Å². The summed E-state index contributed by atoms with van der Waals surface area (Å²) in [6, 6.07) is 7.99. The molecule has 37 heavy (non-hydrogen) atoms. The van der Waals surface area contributed by atoms with Gasteiger partial charge in [-0.2, -0.15) is 0 Å². The third-order valence-corrected chi connectivity index (χ3v) is 6.41. The van der Waals surface area contributed by atoms with E-state index in [0.717, 1.165) is 25.7 Å². The van der Waals surface area contributed by atoms with Crippen LogP contribution in [-0.4, -0.2) is 34.4 Å². The van der Waals surface area contributed by atoms with Crippen molar-refractivity contribution in [2.24, 2.45) is 9.98 Å². The monoisotopic (exact) mass is 557 g/mol. The molecule has 1 radical (unpaired) electrons. The molecule has 0 N–H and O–H groups in total. The molecule has 0 saturated heterocycles. The Hall–Kier alpha value is -3.30. The van der Waals surface area contributed by atoms with Crippen LogP contribution in [0, 0.1) is 20.2 Å². The van der Waals surface area contributed by atoms with Gasteiger partial charge in [0.1, 0.15) is 0 Å². The van der Waals surface area contributed by atoms with Crippen molar-refractivity contribution in [3.05, 3.63) is 67.8 Å². The minimum Gasteiger partial charge on any atom is -0.872 e. The number of benzene rings is 2. The largest absolute Gasteiger partial charge is 2.00 e. The van der Waals surface area contributed by atoms with E-state index in [9.17, 15) is 30.4 Å². The van der Waals surface area contributed by atoms with E-state index in [4.69, 9.17) is 0 Å². The molecular formula is C26H30CuN4O6. The zero-order valence-corrected chi connectivity index (χ0v) is 21.3. The predicted molar refractivity (Wildman–Crippen MR) is 134 cm³/mol. The molecule has 2 saturated carbocycles. The van der Waals surface area contributed by atoms with Crippen LogP contribution in [0.4, 0.5) is 11.4 Å². The van der Waals surface area contributed by atoms with Crippen LogP contribution in [0.1, 0.15) is 75.3 Å². The van der Waals surface area contributed by atoms with Gasteiger partial charge in [0, 0.05) is 48.8 Å². The number of nitro groups is 2. The Balaban J connectivity index is 0.000000253. The molecule has 0 heterocycles. The molecule has 0 amide bonds. The van der Waals surface area contributed by atoms with Crippen LogP contribution in [0.15, 0.2) is 46.4 Å². The number of nitro benzene ring substituents is 2. The maximum Gasteiger partial charge on any atom is 2.00 e. The Labute approximate surface area is 226 Å². The van der Waals surface area contributed by atoms with Gasteiger partial charge in [0.2, 0.25) is 0 Å². The third-order valence-electron chi connectivity index (χ3n) is 6.41. The smallest absolute Gasteiger partial charge is 0.872 e. The van der Waals surface area contributed by atoms with Gasteiger partial charge in [0.05, 0.1) is 9.85 Å². The Morgan fingerprint density at radius 2 is 1.00 bits per heavy atom. The maximum absolute atomic E-state index is 11.6. The topological polar surface area (TPSA) is 157 Å². The van der Waals surface area contributed by atoms with Crippen LogP contribution in [0.5, 0.6) is 11.5 Å². The average Bonchev–Trinajstić information content (AvgIpc) is 2.89. The summed E-state index contributed by atoms with van der Waals surface area (Å²) in [5, 5.41) is 44.4. The van der Waals surface area contributed by atoms with Crippen LogP contribution in [0.25, 0.3) is 0 Å². The molecule has 0 unspecified atom stereocenters. The Morgan fingerprint density at radius 3 is 1.32 bits per heavy atom. The third kappa shape index (κ3) is 9.59. The van der Waals surface area contributed by atoms with Crippen molar-refractivity contribution >= 4 is 23.8 Å². The molecule has 2 aromatic rings. The predicted octanol–water partition coefficient (Wildman–Crippen LogP) is 4.84. The van der Waals surface area contributed by atoms with Crippen molar-refractivity contribution in [2.45, 2.75) is 76.3 Å². The summed E-state index contributed by atoms with van der Waals surface area (Å²) in [5.41, 5.74) is 0.462. The summed E-state index contributed by atoms with van der Waals surface area (Å²) >= 11 is 0. The van der Waals surface area contributed by atoms with Crippen LogP contribution < -0.4 is 10.2 Å². The van der Waals surface area contributed by atoms with Gasteiger partial charge in [-0.1, -0.05) is 62.2 Å². The molecule has 10 nitrogen and oxygen atoms in total. The molecule has 2 aliphatic rings. The van der Waals surface area contributed by atoms with Crippen LogP contribution in [0.3, 0.4) is 0 Å². The maximum atomic E-state index is 11.6. The first-order valence-corrected chi connectivity index (χ1v) is 12.3. The quantitative estimate of drug-likeness (QED) is 0.214. The summed E-state index contributed by atoms with van der Waals surface area (Å²) in [6.07, 6.45) is 14.3. The molecule has 2 aliphatic carbocycles. The number of hydrogen-bond donors (Lipinski definition) is 0. The van der Waals surface area contributed by atoms with Crippen molar-refractivity contribution in [3.63, 3.8) is 0 Å². The molecule has 2 fully saturated rings. The van der Waals surface area contributed by atoms with Crippen LogP contribution in [0.2, 0.25) is 0 Å². The van der Waals surface area contributed by atoms with Crippen molar-refractivity contribution in [1.82, 2.24) is 0 Å². The fourth-order valence-electron chi connectivity index (χ4n) is 4.33. The van der Waals surface area contributed by atoms with E-state index in [1.807, 2.05) is 0 Å². The first-order valence-electron chi connectivity index (χ1n) is 12.3. The van der Waals surface area contributed by atoms with Gasteiger partial charge in [0.15, 0.2) is 0 Å². The summed E-state index contributed by atoms with van der Waals surface area (Å²) in [5.74, 6) is -0.444. The molecule has 0 spiro atoms. The molecule has 201 valence electrons. The number of hydrogen-bond acceptors (Lipinski definition) is 8. The average molecular weight is 558 g/mol. The second-order valence-corrected chi connectivity index (χ2v) is 9.10. The van der Waals surface area contributed by atoms with Gasteiger partial charge >= 0.3 is 17.1 Å². The van der Waals surface area contributed by atoms with Gasteiger partial charge in [-0.15, -0.1) is 0 Å². The second kappa shape index (κ2) is 15.1. The van der Waals surface area contributed by atoms with Crippen LogP contribution in [-0.2, 0) is 17.1 Å². The standard InChI is InChI=1S/2C13H16N2O3.Cu/c2*16-13-7-6-12(15(17)18)8-10(13)9-14-11-4-2-1-3-5-11;/h2*6-9,11,16H,1-5H2;/q;;+2/p-2. The van der Waals surface area contributed by atoms with Gasteiger partial charge in [0.25, 0.3) is 11.4 Å². The summed E-state index contributed by atoms with van der Waals surface area (Å²) in [7, 11) is 0. The van der Waals surface area contributed by atoms with Gasteiger partial charge in [-0.05, 0) is 36.8 Å². The minimum absolute atomic E-state index is 0. The van der Waals surface area contributed by atoms with Crippen molar-refractivity contribution in [3.8, 4) is 11.5 Å². The SMILES string of the molecule is O=[N+]([O-])c1ccc([O-])c(C=NC2CCCCC2)c1.O=[N+]([O-])c1ccc([O-])c(C=NC2CCCCC2)c1.[Cu+2]. The zero-order valence-electron chi connectivity index (χ0n) is 20.4. The molecule has 0 aromatic heterocycles. The Kier molecular flexibility index (Phi) is 12.2. The first kappa shape index (κ1) is 29.9. The second-order valence-electron chi connectivity index (χ2n) is 9.10. The summed E-state index contributed by atoms with van der Waals surface area (Å²) in [4.78, 5) is 29.0. The minimum atomic E-state index is -0.503. The van der Waals surface area contributed by atoms with Gasteiger partial charge in [-0.25, -0.2) is 0 Å². The Morgan fingerprint density at radius 1 is 0.649 bits per heavy atom. The van der Waals surface area contributed by atoms with E-state index in [-0.39, 0.29) is 52.0 Å². The number of nitrogens with zero attached hydrogens (tertiary/aromatic N) is 4. The van der Waals surface area contributed by atoms with Crippen molar-refractivity contribution in [1.29, 1.82) is 0 Å². The summed E-state index contributed by atoms with van der Waals surface area (Å²) in [6.45, 7) is 0. The number of aliphatic imine (C=N–C) groups is 2. The van der Waals surface area contributed by atoms with E-state index < -0.39 is 9.85 Å². The van der Waals surface area contributed by atoms with E-state index in [1.165, 1.54) is 87.4 Å². The molecule has 2 aromatic carbocycles. The first-order chi connectivity index (χ1) is 17.3. The summed E-state index contributed by atoms with van der Waals surface area (Å²) < 4.78 is 0. The normalized spacial score (nSPS) is 16.6. The molecule has 0 bridgehead atoms. The van der Waals surface area contributed by atoms with E-state index in [0.29, 0.717) is 11.1 Å². The van der Waals surface area contributed by atoms with E-state index in [1.54, 1.807) is 0 Å². The number of non-ortho nitro benzene ring substituents is 2. The van der Waals surface area contributed by atoms with Gasteiger partial charge < -0.3 is 10.2 Å². The van der Waals surface area contributed by atoms with Crippen molar-refractivity contribution < 1.29 is 37.1 Å². The fraction of sp³-hybridized carbons (Fsp3) is 0.462. The Bertz CT molecular complexity index is 1020. The van der Waals surface area contributed by atoms with E-state index >= 15 is 0 Å². The zero-order chi connectivity index (χ0) is 25.9. The molecule has 11 heteroatoms. The fourth-order valence-corrected chi connectivity index (χ4v) is 4.33. The number of rotatable bonds is 6. The molecule has 4 rings (SSSR count).